The van der Waals surface area contributed by atoms with E-state index in [1.807, 2.05) is 30.3 Å². The van der Waals surface area contributed by atoms with Crippen LogP contribution in [-0.2, 0) is 0 Å². The summed E-state index contributed by atoms with van der Waals surface area (Å²) in [6.45, 7) is 1.76. The van der Waals surface area contributed by atoms with E-state index in [2.05, 4.69) is 5.10 Å². The van der Waals surface area contributed by atoms with Gasteiger partial charge in [0.1, 0.15) is 5.92 Å². The Morgan fingerprint density at radius 1 is 1.04 bits per heavy atom. The van der Waals surface area contributed by atoms with Crippen molar-refractivity contribution in [2.24, 2.45) is 5.92 Å². The minimum absolute atomic E-state index is 0.297. The zero-order valence-electron chi connectivity index (χ0n) is 14.0. The zero-order chi connectivity index (χ0) is 18.7. The lowest BCUT2D eigenvalue weighted by Gasteiger charge is -2.18. The van der Waals surface area contributed by atoms with E-state index in [1.165, 1.54) is 4.68 Å². The maximum atomic E-state index is 13.1. The van der Waals surface area contributed by atoms with Gasteiger partial charge >= 0.3 is 0 Å². The van der Waals surface area contributed by atoms with Crippen LogP contribution in [0.3, 0.4) is 0 Å². The van der Waals surface area contributed by atoms with Crippen molar-refractivity contribution >= 4 is 11.6 Å². The summed E-state index contributed by atoms with van der Waals surface area (Å²) in [5, 5.41) is 22.4. The molecule has 0 aliphatic heterocycles. The quantitative estimate of drug-likeness (QED) is 0.763. The number of aromatic nitrogens is 2. The Morgan fingerprint density at radius 3 is 2.27 bits per heavy atom. The van der Waals surface area contributed by atoms with Gasteiger partial charge in [0.15, 0.2) is 0 Å². The fourth-order valence-corrected chi connectivity index (χ4v) is 3.34. The molecular weight excluding hydrogens is 348 g/mol. The second-order valence-corrected chi connectivity index (χ2v) is 6.27. The van der Waals surface area contributed by atoms with Gasteiger partial charge in [-0.3, -0.25) is 9.89 Å². The highest BCUT2D eigenvalue weighted by Crippen LogP contribution is 2.35. The van der Waals surface area contributed by atoms with E-state index in [0.717, 1.165) is 0 Å². The first kappa shape index (κ1) is 17.5. The number of H-pyrrole nitrogens is 1. The molecule has 5 nitrogen and oxygen atoms in total. The van der Waals surface area contributed by atoms with E-state index in [0.29, 0.717) is 27.5 Å². The maximum absolute atomic E-state index is 13.1. The van der Waals surface area contributed by atoms with Crippen molar-refractivity contribution in [1.29, 1.82) is 10.5 Å². The van der Waals surface area contributed by atoms with Crippen LogP contribution in [0.15, 0.2) is 59.4 Å². The van der Waals surface area contributed by atoms with Crippen LogP contribution >= 0.6 is 11.6 Å². The molecular formula is C20H15ClN4O. The fraction of sp³-hybridized carbons (Fsp3) is 0.150. The number of para-hydroxylation sites is 1. The van der Waals surface area contributed by atoms with Gasteiger partial charge in [0.2, 0.25) is 0 Å². The molecule has 0 aliphatic rings. The maximum Gasteiger partial charge on any atom is 0.275 e. The van der Waals surface area contributed by atoms with E-state index < -0.39 is 11.8 Å². The highest BCUT2D eigenvalue weighted by Gasteiger charge is 2.32. The topological polar surface area (TPSA) is 85.4 Å². The number of benzene rings is 2. The summed E-state index contributed by atoms with van der Waals surface area (Å²) >= 11 is 6.32. The van der Waals surface area contributed by atoms with Crippen LogP contribution in [0.1, 0.15) is 22.7 Å². The van der Waals surface area contributed by atoms with Crippen molar-refractivity contribution < 1.29 is 0 Å². The van der Waals surface area contributed by atoms with Crippen LogP contribution in [-0.4, -0.2) is 9.78 Å². The third kappa shape index (κ3) is 3.01. The molecule has 6 heteroatoms. The highest BCUT2D eigenvalue weighted by atomic mass is 35.5. The standard InChI is InChI=1S/C20H15ClN4O/c1-13-18(20(26)25(24-13)15-7-3-2-4-8-15)19(14(11-22)12-23)16-9-5-6-10-17(16)21/h2-10,14,19,24H,1H3. The average molecular weight is 363 g/mol. The van der Waals surface area contributed by atoms with Gasteiger partial charge in [0.25, 0.3) is 5.56 Å². The lowest BCUT2D eigenvalue weighted by atomic mass is 9.82. The summed E-state index contributed by atoms with van der Waals surface area (Å²) in [5.74, 6) is -1.78. The Balaban J connectivity index is 2.26. The summed E-state index contributed by atoms with van der Waals surface area (Å²) in [4.78, 5) is 13.1. The first-order valence-corrected chi connectivity index (χ1v) is 8.37. The Kier molecular flexibility index (Phi) is 4.93. The third-order valence-electron chi connectivity index (χ3n) is 4.29. The van der Waals surface area contributed by atoms with E-state index in [9.17, 15) is 15.3 Å². The Hall–Kier alpha value is -3.28. The molecule has 1 N–H and O–H groups in total. The smallest absolute Gasteiger partial charge is 0.275 e. The first-order valence-electron chi connectivity index (χ1n) is 7.99. The molecule has 1 unspecified atom stereocenters. The van der Waals surface area contributed by atoms with Gasteiger partial charge in [-0.25, -0.2) is 4.68 Å². The van der Waals surface area contributed by atoms with Crippen LogP contribution in [0.2, 0.25) is 5.02 Å². The molecule has 1 atom stereocenters. The van der Waals surface area contributed by atoms with Crippen molar-refractivity contribution in [3.8, 4) is 17.8 Å². The molecule has 1 aromatic heterocycles. The predicted molar refractivity (Wildman–Crippen MR) is 99.1 cm³/mol. The summed E-state index contributed by atoms with van der Waals surface area (Å²) in [6.07, 6.45) is 0. The molecule has 0 aliphatic carbocycles. The first-order chi connectivity index (χ1) is 12.6. The Morgan fingerprint density at radius 2 is 1.65 bits per heavy atom. The lowest BCUT2D eigenvalue weighted by Crippen LogP contribution is -2.23. The molecule has 0 fully saturated rings. The van der Waals surface area contributed by atoms with Crippen molar-refractivity contribution in [1.82, 2.24) is 9.78 Å². The van der Waals surface area contributed by atoms with Gasteiger partial charge in [-0.05, 0) is 30.7 Å². The molecule has 0 saturated heterocycles. The number of rotatable bonds is 4. The van der Waals surface area contributed by atoms with Crippen LogP contribution in [0, 0.1) is 35.5 Å². The van der Waals surface area contributed by atoms with Gasteiger partial charge in [-0.2, -0.15) is 10.5 Å². The van der Waals surface area contributed by atoms with Crippen molar-refractivity contribution in [2.75, 3.05) is 0 Å². The minimum Gasteiger partial charge on any atom is -0.295 e. The van der Waals surface area contributed by atoms with Crippen molar-refractivity contribution in [2.45, 2.75) is 12.8 Å². The average Bonchev–Trinajstić information content (AvgIpc) is 2.95. The largest absolute Gasteiger partial charge is 0.295 e. The number of hydrogen-bond acceptors (Lipinski definition) is 3. The monoisotopic (exact) mass is 362 g/mol. The molecule has 3 rings (SSSR count). The second-order valence-electron chi connectivity index (χ2n) is 5.86. The van der Waals surface area contributed by atoms with Crippen LogP contribution in [0.25, 0.3) is 5.69 Å². The molecule has 0 spiro atoms. The molecule has 26 heavy (non-hydrogen) atoms. The number of nitrogens with one attached hydrogen (secondary N) is 1. The van der Waals surface area contributed by atoms with E-state index in [-0.39, 0.29) is 5.56 Å². The Labute approximate surface area is 155 Å². The minimum atomic E-state index is -1.04. The summed E-state index contributed by atoms with van der Waals surface area (Å²) in [5.41, 5.74) is 1.93. The summed E-state index contributed by atoms with van der Waals surface area (Å²) in [6, 6.07) is 20.1. The van der Waals surface area contributed by atoms with Crippen molar-refractivity contribution in [3.05, 3.63) is 86.8 Å². The predicted octanol–water partition coefficient (Wildman–Crippen LogP) is 3.92. The summed E-state index contributed by atoms with van der Waals surface area (Å²) in [7, 11) is 0. The van der Waals surface area contributed by atoms with Crippen molar-refractivity contribution in [3.63, 3.8) is 0 Å². The van der Waals surface area contributed by atoms with Gasteiger partial charge in [-0.15, -0.1) is 0 Å². The van der Waals surface area contributed by atoms with Gasteiger partial charge in [-0.1, -0.05) is 48.0 Å². The highest BCUT2D eigenvalue weighted by molar-refractivity contribution is 6.31. The summed E-state index contributed by atoms with van der Waals surface area (Å²) < 4.78 is 1.42. The molecule has 128 valence electrons. The molecule has 0 amide bonds. The SMILES string of the molecule is Cc1[nH]n(-c2ccccc2)c(=O)c1C(c1ccccc1Cl)C(C#N)C#N. The molecule has 0 saturated carbocycles. The van der Waals surface area contributed by atoms with E-state index >= 15 is 0 Å². The van der Waals surface area contributed by atoms with Crippen LogP contribution in [0.4, 0.5) is 0 Å². The molecule has 0 bridgehead atoms. The van der Waals surface area contributed by atoms with Crippen LogP contribution < -0.4 is 5.56 Å². The van der Waals surface area contributed by atoms with E-state index in [4.69, 9.17) is 11.6 Å². The molecule has 3 aromatic rings. The number of nitrogens with zero attached hydrogens (tertiary/aromatic N) is 3. The second kappa shape index (κ2) is 7.31. The number of halogens is 1. The number of hydrogen-bond donors (Lipinski definition) is 1. The zero-order valence-corrected chi connectivity index (χ0v) is 14.7. The molecule has 2 aromatic carbocycles. The number of nitriles is 2. The van der Waals surface area contributed by atoms with Crippen LogP contribution in [0.5, 0.6) is 0 Å². The van der Waals surface area contributed by atoms with Gasteiger partial charge in [0, 0.05) is 22.2 Å². The fourth-order valence-electron chi connectivity index (χ4n) is 3.09. The Bertz CT molecular complexity index is 1060. The van der Waals surface area contributed by atoms with Gasteiger partial charge < -0.3 is 0 Å². The molecule has 0 radical (unpaired) electrons. The molecule has 1 heterocycles. The normalized spacial score (nSPS) is 11.7. The van der Waals surface area contributed by atoms with Gasteiger partial charge in [0.05, 0.1) is 17.8 Å². The van der Waals surface area contributed by atoms with E-state index in [1.54, 1.807) is 43.3 Å². The number of aromatic amines is 1. The lowest BCUT2D eigenvalue weighted by molar-refractivity contribution is 0.699. The third-order valence-corrected chi connectivity index (χ3v) is 4.64. The number of aryl methyl sites for hydroxylation is 1.